The predicted octanol–water partition coefficient (Wildman–Crippen LogP) is 13.5. The van der Waals surface area contributed by atoms with Gasteiger partial charge in [-0.1, -0.05) is 146 Å². The molecular formula is C48H32N2O. The zero-order valence-electron chi connectivity index (χ0n) is 27.8. The number of anilines is 3. The number of nitrogens with zero attached hydrogens (tertiary/aromatic N) is 2. The highest BCUT2D eigenvalue weighted by atomic mass is 16.3. The lowest BCUT2D eigenvalue weighted by molar-refractivity contribution is 0.669. The van der Waals surface area contributed by atoms with Crippen molar-refractivity contribution in [3.8, 4) is 27.9 Å². The first-order valence-electron chi connectivity index (χ1n) is 17.4. The third kappa shape index (κ3) is 4.74. The Labute approximate surface area is 295 Å². The number of furan rings is 1. The number of para-hydroxylation sites is 5. The van der Waals surface area contributed by atoms with Gasteiger partial charge in [-0.05, 0) is 65.2 Å². The number of rotatable bonds is 6. The molecule has 0 saturated heterocycles. The maximum Gasteiger partial charge on any atom is 0.159 e. The highest BCUT2D eigenvalue weighted by Crippen LogP contribution is 2.49. The second kappa shape index (κ2) is 11.9. The Bertz CT molecular complexity index is 2850. The number of fused-ring (bicyclic) bond motifs is 6. The first-order chi connectivity index (χ1) is 25.3. The van der Waals surface area contributed by atoms with Crippen LogP contribution < -0.4 is 4.90 Å². The number of aromatic nitrogens is 1. The molecule has 0 saturated carbocycles. The third-order valence-corrected chi connectivity index (χ3v) is 10.0. The van der Waals surface area contributed by atoms with Crippen LogP contribution in [0.2, 0.25) is 0 Å². The van der Waals surface area contributed by atoms with E-state index >= 15 is 0 Å². The summed E-state index contributed by atoms with van der Waals surface area (Å²) in [6, 6.07) is 69.1. The number of hydrogen-bond donors (Lipinski definition) is 0. The maximum atomic E-state index is 6.75. The van der Waals surface area contributed by atoms with Crippen LogP contribution >= 0.6 is 0 Å². The predicted molar refractivity (Wildman–Crippen MR) is 214 cm³/mol. The molecule has 0 amide bonds. The van der Waals surface area contributed by atoms with Gasteiger partial charge in [0.25, 0.3) is 0 Å². The van der Waals surface area contributed by atoms with E-state index in [0.29, 0.717) is 0 Å². The molecule has 0 spiro atoms. The average Bonchev–Trinajstić information content (AvgIpc) is 3.76. The molecule has 0 unspecified atom stereocenters. The fraction of sp³-hybridized carbons (Fsp3) is 0. The maximum absolute atomic E-state index is 6.75. The number of hydrogen-bond acceptors (Lipinski definition) is 2. The van der Waals surface area contributed by atoms with Crippen molar-refractivity contribution in [2.75, 3.05) is 4.90 Å². The molecule has 240 valence electrons. The van der Waals surface area contributed by atoms with Gasteiger partial charge in [0.05, 0.1) is 28.1 Å². The van der Waals surface area contributed by atoms with Gasteiger partial charge >= 0.3 is 0 Å². The van der Waals surface area contributed by atoms with Gasteiger partial charge in [-0.25, -0.2) is 0 Å². The molecule has 8 aromatic carbocycles. The van der Waals surface area contributed by atoms with Crippen molar-refractivity contribution in [1.29, 1.82) is 0 Å². The lowest BCUT2D eigenvalue weighted by atomic mass is 9.98. The van der Waals surface area contributed by atoms with Gasteiger partial charge in [0, 0.05) is 32.8 Å². The van der Waals surface area contributed by atoms with Crippen LogP contribution in [0.4, 0.5) is 17.1 Å². The Morgan fingerprint density at radius 2 is 0.941 bits per heavy atom. The molecule has 0 aliphatic heterocycles. The third-order valence-electron chi connectivity index (χ3n) is 10.0. The molecule has 0 aliphatic carbocycles. The SMILES string of the molecule is c1ccc(-c2ccc(-c3ccccc3N(c3cccc4c3oc3ccccc34)c3cccc4c3c3ccccc3n4-c3ccccc3)cc2)cc1. The molecule has 0 aliphatic rings. The van der Waals surface area contributed by atoms with E-state index in [1.54, 1.807) is 0 Å². The van der Waals surface area contributed by atoms with Crippen molar-refractivity contribution in [2.45, 2.75) is 0 Å². The van der Waals surface area contributed by atoms with E-state index in [4.69, 9.17) is 4.42 Å². The second-order valence-corrected chi connectivity index (χ2v) is 12.9. The summed E-state index contributed by atoms with van der Waals surface area (Å²) < 4.78 is 9.12. The van der Waals surface area contributed by atoms with E-state index in [1.807, 2.05) is 6.07 Å². The molecule has 0 bridgehead atoms. The first kappa shape index (κ1) is 29.1. The zero-order valence-corrected chi connectivity index (χ0v) is 27.8. The lowest BCUT2D eigenvalue weighted by Gasteiger charge is -2.29. The van der Waals surface area contributed by atoms with E-state index in [0.717, 1.165) is 66.8 Å². The summed E-state index contributed by atoms with van der Waals surface area (Å²) in [7, 11) is 0. The molecule has 10 aromatic rings. The molecular weight excluding hydrogens is 621 g/mol. The molecule has 0 atom stereocenters. The Balaban J connectivity index is 1.27. The zero-order chi connectivity index (χ0) is 33.7. The summed E-state index contributed by atoms with van der Waals surface area (Å²) in [5.41, 5.74) is 13.0. The molecule has 10 rings (SSSR count). The average molecular weight is 653 g/mol. The van der Waals surface area contributed by atoms with Crippen LogP contribution in [0.5, 0.6) is 0 Å². The molecule has 2 heterocycles. The van der Waals surface area contributed by atoms with Gasteiger partial charge < -0.3 is 13.9 Å². The summed E-state index contributed by atoms with van der Waals surface area (Å²) in [5.74, 6) is 0. The molecule has 3 nitrogen and oxygen atoms in total. The van der Waals surface area contributed by atoms with Crippen LogP contribution in [0.25, 0.3) is 71.7 Å². The fourth-order valence-corrected chi connectivity index (χ4v) is 7.73. The summed E-state index contributed by atoms with van der Waals surface area (Å²) in [6.45, 7) is 0. The molecule has 51 heavy (non-hydrogen) atoms. The number of benzene rings is 8. The molecule has 0 radical (unpaired) electrons. The summed E-state index contributed by atoms with van der Waals surface area (Å²) in [5, 5.41) is 4.58. The van der Waals surface area contributed by atoms with E-state index in [-0.39, 0.29) is 0 Å². The largest absolute Gasteiger partial charge is 0.454 e. The van der Waals surface area contributed by atoms with Gasteiger partial charge in [-0.2, -0.15) is 0 Å². The normalized spacial score (nSPS) is 11.5. The van der Waals surface area contributed by atoms with Gasteiger partial charge in [-0.3, -0.25) is 0 Å². The van der Waals surface area contributed by atoms with E-state index < -0.39 is 0 Å². The minimum atomic E-state index is 0.858. The van der Waals surface area contributed by atoms with Crippen molar-refractivity contribution in [3.63, 3.8) is 0 Å². The van der Waals surface area contributed by atoms with Gasteiger partial charge in [-0.15, -0.1) is 0 Å². The Hall–Kier alpha value is -6.84. The lowest BCUT2D eigenvalue weighted by Crippen LogP contribution is -2.12. The van der Waals surface area contributed by atoms with E-state index in [9.17, 15) is 0 Å². The minimum Gasteiger partial charge on any atom is -0.454 e. The van der Waals surface area contributed by atoms with Gasteiger partial charge in [0.15, 0.2) is 5.58 Å². The van der Waals surface area contributed by atoms with Crippen LogP contribution in [0.3, 0.4) is 0 Å². The summed E-state index contributed by atoms with van der Waals surface area (Å²) in [4.78, 5) is 2.41. The smallest absolute Gasteiger partial charge is 0.159 e. The molecule has 2 aromatic heterocycles. The quantitative estimate of drug-likeness (QED) is 0.178. The topological polar surface area (TPSA) is 21.3 Å². The monoisotopic (exact) mass is 652 g/mol. The van der Waals surface area contributed by atoms with Crippen molar-refractivity contribution < 1.29 is 4.42 Å². The molecule has 3 heteroatoms. The minimum absolute atomic E-state index is 0.858. The van der Waals surface area contributed by atoms with Crippen LogP contribution in [0.15, 0.2) is 199 Å². The summed E-state index contributed by atoms with van der Waals surface area (Å²) in [6.07, 6.45) is 0. The van der Waals surface area contributed by atoms with E-state index in [1.165, 1.54) is 21.9 Å². The highest BCUT2D eigenvalue weighted by Gasteiger charge is 2.25. The van der Waals surface area contributed by atoms with Crippen LogP contribution in [0.1, 0.15) is 0 Å². The Kier molecular flexibility index (Phi) is 6.81. The van der Waals surface area contributed by atoms with E-state index in [2.05, 4.69) is 198 Å². The highest BCUT2D eigenvalue weighted by molar-refractivity contribution is 6.18. The summed E-state index contributed by atoms with van der Waals surface area (Å²) >= 11 is 0. The molecule has 0 fully saturated rings. The van der Waals surface area contributed by atoms with Crippen molar-refractivity contribution >= 4 is 60.8 Å². The van der Waals surface area contributed by atoms with Crippen LogP contribution in [0, 0.1) is 0 Å². The Morgan fingerprint density at radius 3 is 1.78 bits per heavy atom. The van der Waals surface area contributed by atoms with Crippen molar-refractivity contribution in [2.24, 2.45) is 0 Å². The molecule has 0 N–H and O–H groups in total. The van der Waals surface area contributed by atoms with Crippen LogP contribution in [-0.2, 0) is 0 Å². The first-order valence-corrected chi connectivity index (χ1v) is 17.4. The van der Waals surface area contributed by atoms with Crippen LogP contribution in [-0.4, -0.2) is 4.57 Å². The van der Waals surface area contributed by atoms with Crippen molar-refractivity contribution in [1.82, 2.24) is 4.57 Å². The fourth-order valence-electron chi connectivity index (χ4n) is 7.73. The van der Waals surface area contributed by atoms with Gasteiger partial charge in [0.2, 0.25) is 0 Å². The standard InChI is InChI=1S/C48H32N2O/c1-3-15-33(16-4-1)34-29-31-35(32-30-34)37-19-7-10-23-41(37)50(45-27-13-22-39-38-20-9-12-28-46(38)51-48(39)45)44-26-14-25-43-47(44)40-21-8-11-24-42(40)49(43)36-17-5-2-6-18-36/h1-32H. The Morgan fingerprint density at radius 1 is 0.373 bits per heavy atom. The van der Waals surface area contributed by atoms with Crippen molar-refractivity contribution in [3.05, 3.63) is 194 Å². The second-order valence-electron chi connectivity index (χ2n) is 12.9. The van der Waals surface area contributed by atoms with Gasteiger partial charge in [0.1, 0.15) is 5.58 Å².